The van der Waals surface area contributed by atoms with Gasteiger partial charge in [0.1, 0.15) is 0 Å². The standard InChI is InChI=1S/C12H10Br2ClNS/c1-6-10(14)5-11(17-6)12(16)8-4-7(15)2-3-9(8)13/h2-5,12H,16H2,1H3. The highest BCUT2D eigenvalue weighted by Gasteiger charge is 2.16. The minimum atomic E-state index is -0.155. The van der Waals surface area contributed by atoms with Gasteiger partial charge in [-0.25, -0.2) is 0 Å². The summed E-state index contributed by atoms with van der Waals surface area (Å²) >= 11 is 14.7. The molecule has 1 heterocycles. The number of halogens is 3. The molecule has 1 atom stereocenters. The molecule has 0 saturated carbocycles. The number of aryl methyl sites for hydroxylation is 1. The molecule has 17 heavy (non-hydrogen) atoms. The van der Waals surface area contributed by atoms with Gasteiger partial charge in [0.2, 0.25) is 0 Å². The Morgan fingerprint density at radius 1 is 1.24 bits per heavy atom. The zero-order valence-electron chi connectivity index (χ0n) is 9.01. The molecule has 90 valence electrons. The van der Waals surface area contributed by atoms with Crippen molar-refractivity contribution in [1.82, 2.24) is 0 Å². The first-order valence-electron chi connectivity index (χ1n) is 4.95. The van der Waals surface area contributed by atoms with Gasteiger partial charge in [0.05, 0.1) is 6.04 Å². The van der Waals surface area contributed by atoms with E-state index >= 15 is 0 Å². The zero-order chi connectivity index (χ0) is 12.6. The summed E-state index contributed by atoms with van der Waals surface area (Å²) in [5, 5.41) is 0.700. The van der Waals surface area contributed by atoms with E-state index in [0.717, 1.165) is 19.4 Å². The highest BCUT2D eigenvalue weighted by molar-refractivity contribution is 9.10. The van der Waals surface area contributed by atoms with Crippen LogP contribution in [0.4, 0.5) is 0 Å². The smallest absolute Gasteiger partial charge is 0.0658 e. The largest absolute Gasteiger partial charge is 0.320 e. The van der Waals surface area contributed by atoms with E-state index in [1.807, 2.05) is 18.2 Å². The van der Waals surface area contributed by atoms with Gasteiger partial charge in [0.25, 0.3) is 0 Å². The molecule has 2 aromatic rings. The summed E-state index contributed by atoms with van der Waals surface area (Å²) in [6.45, 7) is 2.07. The van der Waals surface area contributed by atoms with Gasteiger partial charge < -0.3 is 5.73 Å². The van der Waals surface area contributed by atoms with E-state index in [2.05, 4.69) is 44.8 Å². The van der Waals surface area contributed by atoms with Gasteiger partial charge in [-0.05, 0) is 52.7 Å². The van der Waals surface area contributed by atoms with Crippen LogP contribution in [0.15, 0.2) is 33.2 Å². The van der Waals surface area contributed by atoms with Crippen LogP contribution in [0.2, 0.25) is 5.02 Å². The fourth-order valence-electron chi connectivity index (χ4n) is 1.54. The highest BCUT2D eigenvalue weighted by atomic mass is 79.9. The highest BCUT2D eigenvalue weighted by Crippen LogP contribution is 2.35. The van der Waals surface area contributed by atoms with E-state index in [-0.39, 0.29) is 6.04 Å². The Labute approximate surface area is 126 Å². The molecule has 5 heteroatoms. The van der Waals surface area contributed by atoms with Crippen molar-refractivity contribution in [2.45, 2.75) is 13.0 Å². The molecule has 1 aromatic carbocycles. The van der Waals surface area contributed by atoms with Crippen molar-refractivity contribution in [1.29, 1.82) is 0 Å². The second kappa shape index (κ2) is 5.41. The third-order valence-corrected chi connectivity index (χ3v) is 5.65. The SMILES string of the molecule is Cc1sc(C(N)c2cc(Cl)ccc2Br)cc1Br. The molecule has 0 radical (unpaired) electrons. The van der Waals surface area contributed by atoms with Crippen LogP contribution in [0.25, 0.3) is 0 Å². The maximum absolute atomic E-state index is 6.27. The van der Waals surface area contributed by atoms with Crippen molar-refractivity contribution in [2.24, 2.45) is 5.73 Å². The molecule has 1 nitrogen and oxygen atoms in total. The van der Waals surface area contributed by atoms with Crippen molar-refractivity contribution < 1.29 is 0 Å². The number of nitrogens with two attached hydrogens (primary N) is 1. The number of hydrogen-bond acceptors (Lipinski definition) is 2. The second-order valence-electron chi connectivity index (χ2n) is 3.70. The molecule has 0 bridgehead atoms. The minimum Gasteiger partial charge on any atom is -0.320 e. The molecule has 1 unspecified atom stereocenters. The molecule has 0 aliphatic rings. The summed E-state index contributed by atoms with van der Waals surface area (Å²) in [4.78, 5) is 2.35. The predicted octanol–water partition coefficient (Wildman–Crippen LogP) is 5.28. The Morgan fingerprint density at radius 3 is 2.53 bits per heavy atom. The number of hydrogen-bond donors (Lipinski definition) is 1. The Kier molecular flexibility index (Phi) is 4.31. The van der Waals surface area contributed by atoms with E-state index in [1.165, 1.54) is 4.88 Å². The van der Waals surface area contributed by atoms with Crippen LogP contribution in [0.3, 0.4) is 0 Å². The van der Waals surface area contributed by atoms with Crippen molar-refractivity contribution >= 4 is 54.8 Å². The van der Waals surface area contributed by atoms with Crippen molar-refractivity contribution in [3.63, 3.8) is 0 Å². The van der Waals surface area contributed by atoms with Crippen molar-refractivity contribution in [3.05, 3.63) is 53.6 Å². The number of benzene rings is 1. The lowest BCUT2D eigenvalue weighted by Gasteiger charge is -2.12. The summed E-state index contributed by atoms with van der Waals surface area (Å²) < 4.78 is 2.09. The Balaban J connectivity index is 2.42. The zero-order valence-corrected chi connectivity index (χ0v) is 13.8. The Bertz CT molecular complexity index is 534. The maximum Gasteiger partial charge on any atom is 0.0658 e. The van der Waals surface area contributed by atoms with Gasteiger partial charge in [-0.2, -0.15) is 0 Å². The molecule has 0 aliphatic carbocycles. The third-order valence-electron chi connectivity index (χ3n) is 2.48. The molecule has 2 rings (SSSR count). The van der Waals surface area contributed by atoms with Crippen LogP contribution in [-0.2, 0) is 0 Å². The van der Waals surface area contributed by atoms with Gasteiger partial charge in [-0.1, -0.05) is 27.5 Å². The van der Waals surface area contributed by atoms with E-state index in [4.69, 9.17) is 17.3 Å². The predicted molar refractivity (Wildman–Crippen MR) is 81.9 cm³/mol. The van der Waals surface area contributed by atoms with Crippen LogP contribution in [-0.4, -0.2) is 0 Å². The average molecular weight is 396 g/mol. The summed E-state index contributed by atoms with van der Waals surface area (Å²) in [6.07, 6.45) is 0. The monoisotopic (exact) mass is 393 g/mol. The third kappa shape index (κ3) is 2.93. The van der Waals surface area contributed by atoms with Gasteiger partial charge in [0, 0.05) is 23.7 Å². The van der Waals surface area contributed by atoms with E-state index in [9.17, 15) is 0 Å². The summed E-state index contributed by atoms with van der Waals surface area (Å²) in [7, 11) is 0. The first kappa shape index (κ1) is 13.6. The molecule has 0 spiro atoms. The quantitative estimate of drug-likeness (QED) is 0.735. The lowest BCUT2D eigenvalue weighted by Crippen LogP contribution is -2.10. The summed E-state index contributed by atoms with van der Waals surface area (Å²) in [5.74, 6) is 0. The van der Waals surface area contributed by atoms with Crippen LogP contribution in [0, 0.1) is 6.92 Å². The Hall–Kier alpha value is 0.130. The summed E-state index contributed by atoms with van der Waals surface area (Å²) in [5.41, 5.74) is 7.27. The molecular formula is C12H10Br2ClNS. The fraction of sp³-hybridized carbons (Fsp3) is 0.167. The van der Waals surface area contributed by atoms with Gasteiger partial charge in [-0.3, -0.25) is 0 Å². The van der Waals surface area contributed by atoms with Crippen molar-refractivity contribution in [2.75, 3.05) is 0 Å². The topological polar surface area (TPSA) is 26.0 Å². The lowest BCUT2D eigenvalue weighted by atomic mass is 10.1. The van der Waals surface area contributed by atoms with Crippen LogP contribution in [0.1, 0.15) is 21.4 Å². The first-order chi connectivity index (χ1) is 7.99. The molecule has 0 fully saturated rings. The van der Waals surface area contributed by atoms with Gasteiger partial charge in [-0.15, -0.1) is 11.3 Å². The van der Waals surface area contributed by atoms with Gasteiger partial charge in [0.15, 0.2) is 0 Å². The summed E-state index contributed by atoms with van der Waals surface area (Å²) in [6, 6.07) is 7.58. The molecule has 0 aliphatic heterocycles. The fourth-order valence-corrected chi connectivity index (χ4v) is 3.80. The lowest BCUT2D eigenvalue weighted by molar-refractivity contribution is 0.887. The molecule has 2 N–H and O–H groups in total. The Morgan fingerprint density at radius 2 is 1.94 bits per heavy atom. The van der Waals surface area contributed by atoms with E-state index in [0.29, 0.717) is 5.02 Å². The van der Waals surface area contributed by atoms with Crippen molar-refractivity contribution in [3.8, 4) is 0 Å². The molecule has 0 amide bonds. The van der Waals surface area contributed by atoms with Crippen LogP contribution < -0.4 is 5.73 Å². The molecule has 1 aromatic heterocycles. The average Bonchev–Trinajstić information content (AvgIpc) is 2.62. The minimum absolute atomic E-state index is 0.155. The van der Waals surface area contributed by atoms with Gasteiger partial charge >= 0.3 is 0 Å². The normalized spacial score (nSPS) is 12.8. The van der Waals surface area contributed by atoms with Crippen LogP contribution in [0.5, 0.6) is 0 Å². The number of rotatable bonds is 2. The number of thiophene rings is 1. The maximum atomic E-state index is 6.27. The molecule has 0 saturated heterocycles. The molecular weight excluding hydrogens is 385 g/mol. The van der Waals surface area contributed by atoms with E-state index in [1.54, 1.807) is 11.3 Å². The second-order valence-corrected chi connectivity index (χ2v) is 7.13. The first-order valence-corrected chi connectivity index (χ1v) is 7.73. The van der Waals surface area contributed by atoms with E-state index < -0.39 is 0 Å². The van der Waals surface area contributed by atoms with Crippen LogP contribution >= 0.6 is 54.8 Å².